The molecule has 0 aromatic heterocycles. The van der Waals surface area contributed by atoms with Crippen molar-refractivity contribution in [3.63, 3.8) is 0 Å². The molecule has 0 aromatic rings. The third kappa shape index (κ3) is 2.69. The van der Waals surface area contributed by atoms with Gasteiger partial charge in [-0.15, -0.1) is 11.8 Å². The molecule has 2 rings (SSSR count). The first-order valence-corrected chi connectivity index (χ1v) is 6.72. The summed E-state index contributed by atoms with van der Waals surface area (Å²) in [4.78, 5) is 11.0. The minimum Gasteiger partial charge on any atom is -0.457 e. The molecule has 1 saturated carbocycles. The van der Waals surface area contributed by atoms with E-state index in [0.29, 0.717) is 12.5 Å². The Morgan fingerprint density at radius 2 is 1.93 bits per heavy atom. The Bertz CT molecular complexity index is 284. The summed E-state index contributed by atoms with van der Waals surface area (Å²) < 4.78 is 5.17. The Labute approximate surface area is 95.1 Å². The van der Waals surface area contributed by atoms with Gasteiger partial charge in [-0.2, -0.15) is 0 Å². The number of hydrogen-bond acceptors (Lipinski definition) is 3. The summed E-state index contributed by atoms with van der Waals surface area (Å²) in [6, 6.07) is 0. The zero-order valence-corrected chi connectivity index (χ0v) is 9.81. The van der Waals surface area contributed by atoms with Gasteiger partial charge in [0.05, 0.1) is 6.61 Å². The molecule has 2 aliphatic carbocycles. The Kier molecular flexibility index (Phi) is 3.58. The summed E-state index contributed by atoms with van der Waals surface area (Å²) in [6.07, 6.45) is 6.19. The standard InChI is InChI=1S/C12H16O2S/c1-15-12(13)14-8-11-9-6-4-2-3-5-7-10(9)11/h9-11H,4-8H2,1H3. The van der Waals surface area contributed by atoms with Gasteiger partial charge in [-0.05, 0) is 48.6 Å². The zero-order valence-electron chi connectivity index (χ0n) is 8.99. The van der Waals surface area contributed by atoms with E-state index in [1.807, 2.05) is 0 Å². The van der Waals surface area contributed by atoms with Crippen molar-refractivity contribution in [2.24, 2.45) is 17.8 Å². The summed E-state index contributed by atoms with van der Waals surface area (Å²) in [7, 11) is 0. The summed E-state index contributed by atoms with van der Waals surface area (Å²) in [5.41, 5.74) is 0. The lowest BCUT2D eigenvalue weighted by atomic mass is 10.1. The van der Waals surface area contributed by atoms with Crippen molar-refractivity contribution < 1.29 is 9.53 Å². The molecular weight excluding hydrogens is 208 g/mol. The minimum absolute atomic E-state index is 0.148. The highest BCUT2D eigenvalue weighted by molar-refractivity contribution is 8.12. The van der Waals surface area contributed by atoms with Crippen LogP contribution in [0.4, 0.5) is 4.79 Å². The predicted octanol–water partition coefficient (Wildman–Crippen LogP) is 2.93. The van der Waals surface area contributed by atoms with E-state index >= 15 is 0 Å². The van der Waals surface area contributed by atoms with Crippen LogP contribution in [0.25, 0.3) is 0 Å². The molecule has 0 aromatic carbocycles. The van der Waals surface area contributed by atoms with E-state index in [4.69, 9.17) is 4.74 Å². The number of rotatable bonds is 2. The van der Waals surface area contributed by atoms with Gasteiger partial charge in [-0.25, -0.2) is 4.79 Å². The second-order valence-corrected chi connectivity index (χ2v) is 4.93. The van der Waals surface area contributed by atoms with Gasteiger partial charge < -0.3 is 4.74 Å². The van der Waals surface area contributed by atoms with E-state index in [9.17, 15) is 4.79 Å². The highest BCUT2D eigenvalue weighted by Gasteiger charge is 2.49. The molecule has 1 fully saturated rings. The zero-order chi connectivity index (χ0) is 10.7. The average molecular weight is 224 g/mol. The van der Waals surface area contributed by atoms with Gasteiger partial charge >= 0.3 is 5.30 Å². The molecule has 0 heterocycles. The van der Waals surface area contributed by atoms with E-state index < -0.39 is 0 Å². The quantitative estimate of drug-likeness (QED) is 0.533. The van der Waals surface area contributed by atoms with Crippen molar-refractivity contribution in [2.45, 2.75) is 25.7 Å². The van der Waals surface area contributed by atoms with Crippen molar-refractivity contribution in [1.82, 2.24) is 0 Å². The molecule has 0 amide bonds. The normalized spacial score (nSPS) is 32.7. The number of thioether (sulfide) groups is 1. The average Bonchev–Trinajstić information content (AvgIpc) is 2.85. The number of carbonyl (C=O) groups is 1. The lowest BCUT2D eigenvalue weighted by Crippen LogP contribution is -2.02. The monoisotopic (exact) mass is 224 g/mol. The van der Waals surface area contributed by atoms with E-state index in [2.05, 4.69) is 11.8 Å². The van der Waals surface area contributed by atoms with Gasteiger partial charge in [0.2, 0.25) is 0 Å². The molecule has 0 bridgehead atoms. The van der Waals surface area contributed by atoms with Crippen LogP contribution in [-0.4, -0.2) is 18.2 Å². The molecule has 0 radical (unpaired) electrons. The van der Waals surface area contributed by atoms with Crippen molar-refractivity contribution in [3.05, 3.63) is 0 Å². The highest BCUT2D eigenvalue weighted by Crippen LogP contribution is 2.52. The molecule has 2 aliphatic rings. The third-order valence-corrected chi connectivity index (χ3v) is 3.85. The van der Waals surface area contributed by atoms with Crippen molar-refractivity contribution >= 4 is 17.1 Å². The molecule has 0 spiro atoms. The van der Waals surface area contributed by atoms with Crippen LogP contribution in [0.2, 0.25) is 0 Å². The largest absolute Gasteiger partial charge is 0.457 e. The van der Waals surface area contributed by atoms with Crippen LogP contribution in [0.15, 0.2) is 0 Å². The number of carbonyl (C=O) groups excluding carboxylic acids is 1. The fourth-order valence-corrected chi connectivity index (χ4v) is 2.69. The van der Waals surface area contributed by atoms with Crippen LogP contribution in [0.5, 0.6) is 0 Å². The van der Waals surface area contributed by atoms with Gasteiger partial charge in [0.1, 0.15) is 0 Å². The molecule has 0 N–H and O–H groups in total. The van der Waals surface area contributed by atoms with E-state index in [-0.39, 0.29) is 5.30 Å². The molecular formula is C12H16O2S. The Morgan fingerprint density at radius 3 is 2.47 bits per heavy atom. The minimum atomic E-state index is -0.148. The van der Waals surface area contributed by atoms with Crippen molar-refractivity contribution in [1.29, 1.82) is 0 Å². The van der Waals surface area contributed by atoms with Gasteiger partial charge in [0, 0.05) is 12.8 Å². The van der Waals surface area contributed by atoms with Gasteiger partial charge in [-0.1, -0.05) is 0 Å². The number of fused-ring (bicyclic) bond motifs is 1. The molecule has 0 aliphatic heterocycles. The number of hydrogen-bond donors (Lipinski definition) is 0. The van der Waals surface area contributed by atoms with Crippen molar-refractivity contribution in [2.75, 3.05) is 12.9 Å². The van der Waals surface area contributed by atoms with Crippen LogP contribution in [-0.2, 0) is 4.74 Å². The van der Waals surface area contributed by atoms with Crippen LogP contribution < -0.4 is 0 Å². The van der Waals surface area contributed by atoms with Gasteiger partial charge in [-0.3, -0.25) is 0 Å². The van der Waals surface area contributed by atoms with E-state index in [0.717, 1.165) is 36.4 Å². The predicted molar refractivity (Wildman–Crippen MR) is 61.6 cm³/mol. The van der Waals surface area contributed by atoms with Crippen LogP contribution in [0.1, 0.15) is 25.7 Å². The third-order valence-electron chi connectivity index (χ3n) is 3.40. The van der Waals surface area contributed by atoms with Crippen LogP contribution >= 0.6 is 11.8 Å². The van der Waals surface area contributed by atoms with E-state index in [1.165, 1.54) is 12.8 Å². The summed E-state index contributed by atoms with van der Waals surface area (Å²) in [5.74, 6) is 8.52. The highest BCUT2D eigenvalue weighted by atomic mass is 32.2. The van der Waals surface area contributed by atoms with Gasteiger partial charge in [0.15, 0.2) is 0 Å². The van der Waals surface area contributed by atoms with Crippen molar-refractivity contribution in [3.8, 4) is 11.8 Å². The summed E-state index contributed by atoms with van der Waals surface area (Å²) >= 11 is 1.15. The molecule has 2 nitrogen and oxygen atoms in total. The topological polar surface area (TPSA) is 26.3 Å². The molecule has 82 valence electrons. The summed E-state index contributed by atoms with van der Waals surface area (Å²) in [6.45, 7) is 0.620. The molecule has 2 unspecified atom stereocenters. The molecule has 3 heteroatoms. The maximum atomic E-state index is 11.0. The van der Waals surface area contributed by atoms with E-state index in [1.54, 1.807) is 6.26 Å². The maximum absolute atomic E-state index is 11.0. The Hall–Kier alpha value is -0.620. The Morgan fingerprint density at radius 1 is 1.33 bits per heavy atom. The molecule has 2 atom stereocenters. The van der Waals surface area contributed by atoms with Crippen LogP contribution in [0, 0.1) is 29.6 Å². The fraction of sp³-hybridized carbons (Fsp3) is 0.750. The number of ether oxygens (including phenoxy) is 1. The first-order chi connectivity index (χ1) is 7.33. The lowest BCUT2D eigenvalue weighted by molar-refractivity contribution is 0.165. The second-order valence-electron chi connectivity index (χ2n) is 4.19. The maximum Gasteiger partial charge on any atom is 0.367 e. The lowest BCUT2D eigenvalue weighted by Gasteiger charge is -2.00. The second kappa shape index (κ2) is 4.94. The smallest absolute Gasteiger partial charge is 0.367 e. The Balaban J connectivity index is 1.75. The van der Waals surface area contributed by atoms with Crippen LogP contribution in [0.3, 0.4) is 0 Å². The fourth-order valence-electron chi connectivity index (χ4n) is 2.51. The van der Waals surface area contributed by atoms with Gasteiger partial charge in [0.25, 0.3) is 0 Å². The molecule has 0 saturated heterocycles. The molecule has 15 heavy (non-hydrogen) atoms. The SMILES string of the molecule is CSC(=O)OCC1C2CCC#CCCC21. The first-order valence-electron chi connectivity index (χ1n) is 5.49. The first kappa shape index (κ1) is 10.9. The summed E-state index contributed by atoms with van der Waals surface area (Å²) in [5, 5.41) is -0.148.